The lowest BCUT2D eigenvalue weighted by Gasteiger charge is -2.28. The Morgan fingerprint density at radius 3 is 2.43 bits per heavy atom. The molecular weight excluding hydrogens is 316 g/mol. The summed E-state index contributed by atoms with van der Waals surface area (Å²) in [6.07, 6.45) is -1.83. The summed E-state index contributed by atoms with van der Waals surface area (Å²) in [6.45, 7) is 0.120. The van der Waals surface area contributed by atoms with Gasteiger partial charge in [0, 0.05) is 18.3 Å². The van der Waals surface area contributed by atoms with Crippen molar-refractivity contribution in [2.45, 2.75) is 37.9 Å². The summed E-state index contributed by atoms with van der Waals surface area (Å²) < 4.78 is 51.0. The summed E-state index contributed by atoms with van der Waals surface area (Å²) >= 11 is 0. The smallest absolute Gasteiger partial charge is 0.396 e. The van der Waals surface area contributed by atoms with Crippen molar-refractivity contribution in [3.8, 4) is 0 Å². The molecule has 0 aromatic heterocycles. The fourth-order valence-electron chi connectivity index (χ4n) is 2.66. The number of nitrogens with one attached hydrogen (secondary N) is 2. The van der Waals surface area contributed by atoms with Crippen molar-refractivity contribution in [3.63, 3.8) is 0 Å². The van der Waals surface area contributed by atoms with E-state index in [1.165, 1.54) is 0 Å². The molecule has 0 heterocycles. The zero-order valence-electron chi connectivity index (χ0n) is 12.3. The quantitative estimate of drug-likeness (QED) is 0.741. The SMILES string of the molecule is O=C(Nc1ccc(F)c(C(F)(F)F)c1)NC1CCC(CO)CC1. The normalized spacial score (nSPS) is 21.8. The van der Waals surface area contributed by atoms with Gasteiger partial charge in [0.15, 0.2) is 0 Å². The summed E-state index contributed by atoms with van der Waals surface area (Å²) in [7, 11) is 0. The Hall–Kier alpha value is -1.83. The molecule has 23 heavy (non-hydrogen) atoms. The van der Waals surface area contributed by atoms with Crippen LogP contribution >= 0.6 is 0 Å². The van der Waals surface area contributed by atoms with E-state index < -0.39 is 23.6 Å². The predicted octanol–water partition coefficient (Wildman–Crippen LogP) is 3.52. The molecule has 0 radical (unpaired) electrons. The van der Waals surface area contributed by atoms with Gasteiger partial charge in [0.1, 0.15) is 5.82 Å². The highest BCUT2D eigenvalue weighted by molar-refractivity contribution is 5.89. The Labute approximate surface area is 130 Å². The first-order valence-corrected chi connectivity index (χ1v) is 7.34. The fourth-order valence-corrected chi connectivity index (χ4v) is 2.66. The number of benzene rings is 1. The summed E-state index contributed by atoms with van der Waals surface area (Å²) in [5.74, 6) is -1.15. The van der Waals surface area contributed by atoms with Gasteiger partial charge < -0.3 is 15.7 Å². The van der Waals surface area contributed by atoms with Crippen LogP contribution in [0.2, 0.25) is 0 Å². The van der Waals surface area contributed by atoms with Crippen molar-refractivity contribution in [1.29, 1.82) is 0 Å². The summed E-state index contributed by atoms with van der Waals surface area (Å²) in [5, 5.41) is 14.0. The molecule has 0 saturated heterocycles. The Morgan fingerprint density at radius 2 is 1.87 bits per heavy atom. The topological polar surface area (TPSA) is 61.4 Å². The monoisotopic (exact) mass is 334 g/mol. The van der Waals surface area contributed by atoms with Crippen LogP contribution in [-0.4, -0.2) is 23.8 Å². The Kier molecular flexibility index (Phi) is 5.46. The number of carbonyl (C=O) groups is 1. The number of hydrogen-bond acceptors (Lipinski definition) is 2. The van der Waals surface area contributed by atoms with Crippen LogP contribution < -0.4 is 10.6 Å². The molecule has 0 bridgehead atoms. The second-order valence-corrected chi connectivity index (χ2v) is 5.69. The molecule has 1 saturated carbocycles. The van der Waals surface area contributed by atoms with E-state index >= 15 is 0 Å². The van der Waals surface area contributed by atoms with E-state index in [9.17, 15) is 22.4 Å². The maximum Gasteiger partial charge on any atom is 0.419 e. The minimum atomic E-state index is -4.82. The van der Waals surface area contributed by atoms with Crippen LogP contribution in [0, 0.1) is 11.7 Å². The number of halogens is 4. The lowest BCUT2D eigenvalue weighted by Crippen LogP contribution is -2.40. The average molecular weight is 334 g/mol. The second kappa shape index (κ2) is 7.16. The standard InChI is InChI=1S/C15H18F4N2O2/c16-13-6-5-11(7-12(13)15(17,18)19)21-14(23)20-10-3-1-9(8-22)2-4-10/h5-7,9-10,22H,1-4,8H2,(H2,20,21,23). The number of anilines is 1. The molecule has 2 rings (SSSR count). The van der Waals surface area contributed by atoms with Crippen LogP contribution in [0.25, 0.3) is 0 Å². The summed E-state index contributed by atoms with van der Waals surface area (Å²) in [5.41, 5.74) is -1.54. The fraction of sp³-hybridized carbons (Fsp3) is 0.533. The van der Waals surface area contributed by atoms with Gasteiger partial charge in [-0.2, -0.15) is 13.2 Å². The van der Waals surface area contributed by atoms with Gasteiger partial charge in [-0.3, -0.25) is 0 Å². The van der Waals surface area contributed by atoms with Crippen molar-refractivity contribution in [2.75, 3.05) is 11.9 Å². The van der Waals surface area contributed by atoms with Crippen LogP contribution in [0.15, 0.2) is 18.2 Å². The van der Waals surface area contributed by atoms with Crippen LogP contribution in [0.5, 0.6) is 0 Å². The molecule has 3 N–H and O–H groups in total. The van der Waals surface area contributed by atoms with Gasteiger partial charge in [0.25, 0.3) is 0 Å². The van der Waals surface area contributed by atoms with Gasteiger partial charge in [0.2, 0.25) is 0 Å². The summed E-state index contributed by atoms with van der Waals surface area (Å²) in [6, 6.07) is 1.60. The number of aliphatic hydroxyl groups excluding tert-OH is 1. The number of alkyl halides is 3. The number of carbonyl (C=O) groups excluding carboxylic acids is 1. The van der Waals surface area contributed by atoms with Gasteiger partial charge >= 0.3 is 12.2 Å². The molecule has 0 aliphatic heterocycles. The van der Waals surface area contributed by atoms with Gasteiger partial charge in [-0.1, -0.05) is 0 Å². The average Bonchev–Trinajstić information content (AvgIpc) is 2.49. The third-order valence-corrected chi connectivity index (χ3v) is 3.97. The molecule has 0 unspecified atom stereocenters. The van der Waals surface area contributed by atoms with E-state index in [1.807, 2.05) is 0 Å². The molecule has 128 valence electrons. The number of aliphatic hydroxyl groups is 1. The minimum Gasteiger partial charge on any atom is -0.396 e. The molecule has 0 atom stereocenters. The Morgan fingerprint density at radius 1 is 1.22 bits per heavy atom. The van der Waals surface area contributed by atoms with E-state index in [2.05, 4.69) is 10.6 Å². The third kappa shape index (κ3) is 4.82. The maximum absolute atomic E-state index is 13.2. The van der Waals surface area contributed by atoms with Crippen molar-refractivity contribution in [2.24, 2.45) is 5.92 Å². The highest BCUT2D eigenvalue weighted by Gasteiger charge is 2.34. The first-order valence-electron chi connectivity index (χ1n) is 7.34. The van der Waals surface area contributed by atoms with Crippen LogP contribution in [0.4, 0.5) is 28.0 Å². The zero-order chi connectivity index (χ0) is 17.0. The van der Waals surface area contributed by atoms with Gasteiger partial charge in [-0.15, -0.1) is 0 Å². The Bertz CT molecular complexity index is 555. The maximum atomic E-state index is 13.2. The molecule has 0 spiro atoms. The Balaban J connectivity index is 1.93. The highest BCUT2D eigenvalue weighted by Crippen LogP contribution is 2.33. The van der Waals surface area contributed by atoms with Crippen molar-refractivity contribution < 1.29 is 27.5 Å². The largest absolute Gasteiger partial charge is 0.419 e. The highest BCUT2D eigenvalue weighted by atomic mass is 19.4. The minimum absolute atomic E-state index is 0.0830. The van der Waals surface area contributed by atoms with Gasteiger partial charge in [0.05, 0.1) is 5.56 Å². The zero-order valence-corrected chi connectivity index (χ0v) is 12.3. The molecule has 1 fully saturated rings. The van der Waals surface area contributed by atoms with E-state index in [0.29, 0.717) is 25.0 Å². The molecule has 1 aliphatic carbocycles. The molecule has 1 aromatic carbocycles. The van der Waals surface area contributed by atoms with Crippen LogP contribution in [-0.2, 0) is 6.18 Å². The van der Waals surface area contributed by atoms with E-state index in [0.717, 1.165) is 18.9 Å². The summed E-state index contributed by atoms with van der Waals surface area (Å²) in [4.78, 5) is 11.8. The molecule has 4 nitrogen and oxygen atoms in total. The third-order valence-electron chi connectivity index (χ3n) is 3.97. The van der Waals surface area contributed by atoms with Crippen LogP contribution in [0.1, 0.15) is 31.2 Å². The number of hydrogen-bond donors (Lipinski definition) is 3. The molecular formula is C15H18F4N2O2. The van der Waals surface area contributed by atoms with Gasteiger partial charge in [-0.05, 0) is 49.8 Å². The first-order chi connectivity index (χ1) is 10.8. The molecule has 1 aromatic rings. The van der Waals surface area contributed by atoms with Crippen LogP contribution in [0.3, 0.4) is 0 Å². The number of rotatable bonds is 3. The molecule has 1 aliphatic rings. The lowest BCUT2D eigenvalue weighted by atomic mass is 9.87. The second-order valence-electron chi connectivity index (χ2n) is 5.69. The van der Waals surface area contributed by atoms with E-state index in [1.54, 1.807) is 0 Å². The van der Waals surface area contributed by atoms with E-state index in [4.69, 9.17) is 5.11 Å². The van der Waals surface area contributed by atoms with E-state index in [-0.39, 0.29) is 24.3 Å². The lowest BCUT2D eigenvalue weighted by molar-refractivity contribution is -0.139. The van der Waals surface area contributed by atoms with Crippen molar-refractivity contribution in [3.05, 3.63) is 29.6 Å². The first kappa shape index (κ1) is 17.5. The van der Waals surface area contributed by atoms with Crippen molar-refractivity contribution >= 4 is 11.7 Å². The van der Waals surface area contributed by atoms with Crippen molar-refractivity contribution in [1.82, 2.24) is 5.32 Å². The number of amides is 2. The van der Waals surface area contributed by atoms with Gasteiger partial charge in [-0.25, -0.2) is 9.18 Å². The predicted molar refractivity (Wildman–Crippen MR) is 76.4 cm³/mol. The number of urea groups is 1. The molecule has 2 amide bonds. The molecule has 8 heteroatoms.